The lowest BCUT2D eigenvalue weighted by atomic mass is 10.1. The minimum absolute atomic E-state index is 0.371. The Morgan fingerprint density at radius 2 is 1.92 bits per heavy atom. The smallest absolute Gasteiger partial charge is 0.193 e. The van der Waals surface area contributed by atoms with E-state index in [1.165, 1.54) is 11.1 Å². The molecule has 0 aliphatic rings. The summed E-state index contributed by atoms with van der Waals surface area (Å²) in [6.45, 7) is 4.55. The number of H-pyrrole nitrogens is 1. The maximum absolute atomic E-state index is 5.96. The van der Waals surface area contributed by atoms with Crippen LogP contribution in [0.2, 0.25) is 0 Å². The average Bonchev–Trinajstić information content (AvgIpc) is 3.06. The Morgan fingerprint density at radius 3 is 2.67 bits per heavy atom. The first-order valence-electron chi connectivity index (χ1n) is 7.85. The van der Waals surface area contributed by atoms with Gasteiger partial charge in [0, 0.05) is 5.69 Å². The number of hydrogen-bond donors (Lipinski definition) is 3. The Labute approximate surface area is 141 Å². The van der Waals surface area contributed by atoms with Crippen molar-refractivity contribution in [3.05, 3.63) is 71.7 Å². The molecule has 1 aromatic heterocycles. The van der Waals surface area contributed by atoms with Crippen molar-refractivity contribution in [1.29, 1.82) is 0 Å². The van der Waals surface area contributed by atoms with Crippen LogP contribution in [0.3, 0.4) is 0 Å². The van der Waals surface area contributed by atoms with Crippen molar-refractivity contribution >= 4 is 11.6 Å². The maximum atomic E-state index is 5.96. The summed E-state index contributed by atoms with van der Waals surface area (Å²) in [6, 6.07) is 16.2. The number of hydrogen-bond acceptors (Lipinski definition) is 2. The fourth-order valence-corrected chi connectivity index (χ4v) is 2.37. The van der Waals surface area contributed by atoms with Crippen molar-refractivity contribution in [2.45, 2.75) is 20.4 Å². The molecule has 122 valence electrons. The number of aliphatic imine (C=N–C) groups is 1. The lowest BCUT2D eigenvalue weighted by Crippen LogP contribution is -2.22. The molecule has 0 saturated heterocycles. The first kappa shape index (κ1) is 15.8. The van der Waals surface area contributed by atoms with Gasteiger partial charge in [-0.25, -0.2) is 9.98 Å². The summed E-state index contributed by atoms with van der Waals surface area (Å²) in [5, 5.41) is 3.10. The highest BCUT2D eigenvalue weighted by molar-refractivity contribution is 5.92. The third-order valence-electron chi connectivity index (χ3n) is 3.89. The monoisotopic (exact) mass is 319 g/mol. The highest BCUT2D eigenvalue weighted by Gasteiger charge is 2.03. The fraction of sp³-hybridized carbons (Fsp3) is 0.158. The van der Waals surface area contributed by atoms with Crippen LogP contribution in [0.5, 0.6) is 0 Å². The molecule has 3 rings (SSSR count). The summed E-state index contributed by atoms with van der Waals surface area (Å²) in [5.74, 6) is 1.15. The molecule has 0 aliphatic carbocycles. The van der Waals surface area contributed by atoms with Crippen LogP contribution >= 0.6 is 0 Å². The van der Waals surface area contributed by atoms with Crippen molar-refractivity contribution < 1.29 is 0 Å². The minimum atomic E-state index is 0.371. The van der Waals surface area contributed by atoms with E-state index in [0.717, 1.165) is 22.8 Å². The summed E-state index contributed by atoms with van der Waals surface area (Å²) >= 11 is 0. The van der Waals surface area contributed by atoms with Crippen LogP contribution in [0.4, 0.5) is 5.69 Å². The maximum Gasteiger partial charge on any atom is 0.193 e. The van der Waals surface area contributed by atoms with Crippen molar-refractivity contribution in [2.24, 2.45) is 10.7 Å². The summed E-state index contributed by atoms with van der Waals surface area (Å²) in [5.41, 5.74) is 11.4. The van der Waals surface area contributed by atoms with Crippen LogP contribution < -0.4 is 11.1 Å². The number of aryl methyl sites for hydroxylation is 2. The first-order valence-corrected chi connectivity index (χ1v) is 7.85. The Balaban J connectivity index is 1.65. The van der Waals surface area contributed by atoms with Gasteiger partial charge >= 0.3 is 0 Å². The molecule has 0 aliphatic heterocycles. The zero-order valence-corrected chi connectivity index (χ0v) is 13.9. The van der Waals surface area contributed by atoms with Gasteiger partial charge in [-0.05, 0) is 42.7 Å². The number of benzene rings is 2. The van der Waals surface area contributed by atoms with E-state index in [0.29, 0.717) is 12.5 Å². The van der Waals surface area contributed by atoms with Crippen LogP contribution in [0, 0.1) is 13.8 Å². The number of nitrogens with two attached hydrogens (primary N) is 1. The van der Waals surface area contributed by atoms with Gasteiger partial charge in [0.2, 0.25) is 0 Å². The van der Waals surface area contributed by atoms with E-state index in [9.17, 15) is 0 Å². The van der Waals surface area contributed by atoms with E-state index in [1.54, 1.807) is 0 Å². The molecule has 5 nitrogen and oxygen atoms in total. The minimum Gasteiger partial charge on any atom is -0.370 e. The number of imidazole rings is 1. The molecule has 0 amide bonds. The van der Waals surface area contributed by atoms with Gasteiger partial charge in [-0.1, -0.05) is 36.4 Å². The Kier molecular flexibility index (Phi) is 4.61. The fourth-order valence-electron chi connectivity index (χ4n) is 2.37. The van der Waals surface area contributed by atoms with Crippen LogP contribution in [-0.4, -0.2) is 15.9 Å². The molecule has 0 radical (unpaired) electrons. The third kappa shape index (κ3) is 3.81. The molecule has 4 N–H and O–H groups in total. The normalized spacial score (nSPS) is 11.5. The second-order valence-corrected chi connectivity index (χ2v) is 5.74. The zero-order valence-electron chi connectivity index (χ0n) is 13.9. The van der Waals surface area contributed by atoms with E-state index in [4.69, 9.17) is 5.73 Å². The molecule has 0 saturated carbocycles. The lowest BCUT2D eigenvalue weighted by Gasteiger charge is -2.07. The van der Waals surface area contributed by atoms with Crippen molar-refractivity contribution in [1.82, 2.24) is 9.97 Å². The van der Waals surface area contributed by atoms with Crippen molar-refractivity contribution in [3.8, 4) is 11.3 Å². The first-order chi connectivity index (χ1) is 11.6. The summed E-state index contributed by atoms with van der Waals surface area (Å²) in [7, 11) is 0. The van der Waals surface area contributed by atoms with E-state index in [1.807, 2.05) is 42.6 Å². The van der Waals surface area contributed by atoms with E-state index >= 15 is 0 Å². The Hall–Kier alpha value is -3.08. The van der Waals surface area contributed by atoms with Crippen molar-refractivity contribution in [2.75, 3.05) is 5.32 Å². The summed E-state index contributed by atoms with van der Waals surface area (Å²) in [6.07, 6.45) is 1.81. The zero-order chi connectivity index (χ0) is 16.9. The molecular formula is C19H21N5. The van der Waals surface area contributed by atoms with E-state index < -0.39 is 0 Å². The van der Waals surface area contributed by atoms with E-state index in [-0.39, 0.29) is 0 Å². The van der Waals surface area contributed by atoms with Gasteiger partial charge in [-0.3, -0.25) is 0 Å². The van der Waals surface area contributed by atoms with Gasteiger partial charge in [0.1, 0.15) is 12.4 Å². The number of rotatable bonds is 4. The van der Waals surface area contributed by atoms with Gasteiger partial charge in [0.05, 0.1) is 11.9 Å². The predicted octanol–water partition coefficient (Wildman–Crippen LogP) is 3.62. The van der Waals surface area contributed by atoms with Gasteiger partial charge in [-0.15, -0.1) is 0 Å². The molecule has 1 heterocycles. The standard InChI is InChI=1S/C19H21N5/c1-13-8-9-16(10-14(13)2)23-19(20)22-12-18-21-11-17(24-18)15-6-4-3-5-7-15/h3-11H,12H2,1-2H3,(H,21,24)(H3,20,22,23). The average molecular weight is 319 g/mol. The van der Waals surface area contributed by atoms with Gasteiger partial charge < -0.3 is 16.0 Å². The molecule has 0 unspecified atom stereocenters. The lowest BCUT2D eigenvalue weighted by molar-refractivity contribution is 0.947. The van der Waals surface area contributed by atoms with Crippen LogP contribution in [0.25, 0.3) is 11.3 Å². The topological polar surface area (TPSA) is 79.1 Å². The molecular weight excluding hydrogens is 298 g/mol. The number of nitrogens with one attached hydrogen (secondary N) is 2. The van der Waals surface area contributed by atoms with Crippen molar-refractivity contribution in [3.63, 3.8) is 0 Å². The predicted molar refractivity (Wildman–Crippen MR) is 98.9 cm³/mol. The summed E-state index contributed by atoms with van der Waals surface area (Å²) in [4.78, 5) is 12.0. The van der Waals surface area contributed by atoms with Gasteiger partial charge in [-0.2, -0.15) is 0 Å². The SMILES string of the molecule is Cc1ccc(NC(N)=NCc2ncc(-c3ccccc3)[nH]2)cc1C. The van der Waals surface area contributed by atoms with Crippen LogP contribution in [0.15, 0.2) is 59.7 Å². The molecule has 2 aromatic carbocycles. The number of aromatic nitrogens is 2. The number of guanidine groups is 1. The third-order valence-corrected chi connectivity index (χ3v) is 3.89. The second kappa shape index (κ2) is 7.00. The molecule has 0 bridgehead atoms. The number of aromatic amines is 1. The molecule has 5 heteroatoms. The Morgan fingerprint density at radius 1 is 1.12 bits per heavy atom. The largest absolute Gasteiger partial charge is 0.370 e. The molecule has 0 fully saturated rings. The molecule has 24 heavy (non-hydrogen) atoms. The van der Waals surface area contributed by atoms with Gasteiger partial charge in [0.25, 0.3) is 0 Å². The number of nitrogens with zero attached hydrogens (tertiary/aromatic N) is 2. The van der Waals surface area contributed by atoms with Crippen LogP contribution in [0.1, 0.15) is 17.0 Å². The molecule has 3 aromatic rings. The van der Waals surface area contributed by atoms with E-state index in [2.05, 4.69) is 46.3 Å². The molecule has 0 spiro atoms. The Bertz CT molecular complexity index is 849. The highest BCUT2D eigenvalue weighted by atomic mass is 15.1. The van der Waals surface area contributed by atoms with Crippen LogP contribution in [-0.2, 0) is 6.54 Å². The highest BCUT2D eigenvalue weighted by Crippen LogP contribution is 2.16. The quantitative estimate of drug-likeness (QED) is 0.507. The number of anilines is 1. The second-order valence-electron chi connectivity index (χ2n) is 5.74. The summed E-state index contributed by atoms with van der Waals surface area (Å²) < 4.78 is 0. The van der Waals surface area contributed by atoms with Gasteiger partial charge in [0.15, 0.2) is 5.96 Å². The molecule has 0 atom stereocenters.